The van der Waals surface area contributed by atoms with E-state index in [0.717, 1.165) is 37.0 Å². The summed E-state index contributed by atoms with van der Waals surface area (Å²) < 4.78 is 6.48. The maximum atomic E-state index is 12.5. The number of thiocarbonyl (C=S) groups is 1. The molecule has 1 aliphatic heterocycles. The van der Waals surface area contributed by atoms with Gasteiger partial charge < -0.3 is 4.74 Å². The maximum Gasteiger partial charge on any atom is 0.266 e. The molecule has 0 aromatic heterocycles. The fourth-order valence-corrected chi connectivity index (χ4v) is 3.51. The molecule has 0 N–H and O–H groups in total. The normalized spacial score (nSPS) is 16.4. The summed E-state index contributed by atoms with van der Waals surface area (Å²) in [4.78, 5) is 14.9. The van der Waals surface area contributed by atoms with Gasteiger partial charge in [0.25, 0.3) is 5.91 Å². The van der Waals surface area contributed by atoms with Gasteiger partial charge in [-0.15, -0.1) is 0 Å². The Bertz CT molecular complexity index is 598. The van der Waals surface area contributed by atoms with Gasteiger partial charge in [0.2, 0.25) is 0 Å². The number of thioether (sulfide) groups is 1. The number of unbranched alkanes of at least 4 members (excludes halogenated alkanes) is 2. The van der Waals surface area contributed by atoms with E-state index in [-0.39, 0.29) is 5.91 Å². The van der Waals surface area contributed by atoms with Crippen LogP contribution in [-0.4, -0.2) is 28.3 Å². The number of rotatable bonds is 8. The van der Waals surface area contributed by atoms with Crippen LogP contribution in [-0.2, 0) is 4.79 Å². The molecule has 1 fully saturated rings. The zero-order chi connectivity index (χ0) is 16.7. The first-order valence-corrected chi connectivity index (χ1v) is 9.37. The van der Waals surface area contributed by atoms with E-state index >= 15 is 0 Å². The SMILES string of the molecule is CCCCOc1ccccc1/C=C1\SC(=S)N(CCCC)C1=O. The largest absolute Gasteiger partial charge is 0.493 e. The van der Waals surface area contributed by atoms with Crippen LogP contribution in [0.5, 0.6) is 5.75 Å². The summed E-state index contributed by atoms with van der Waals surface area (Å²) in [7, 11) is 0. The molecule has 1 heterocycles. The molecule has 2 rings (SSSR count). The van der Waals surface area contributed by atoms with Crippen LogP contribution in [0.25, 0.3) is 6.08 Å². The average Bonchev–Trinajstić information content (AvgIpc) is 2.81. The smallest absolute Gasteiger partial charge is 0.266 e. The molecule has 3 nitrogen and oxygen atoms in total. The van der Waals surface area contributed by atoms with Gasteiger partial charge in [-0.3, -0.25) is 9.69 Å². The highest BCUT2D eigenvalue weighted by Crippen LogP contribution is 2.34. The standard InChI is InChI=1S/C18H23NO2S2/c1-3-5-11-19-17(20)16(23-18(19)22)13-14-9-7-8-10-15(14)21-12-6-4-2/h7-10,13H,3-6,11-12H2,1-2H3/b16-13-. The van der Waals surface area contributed by atoms with Crippen LogP contribution in [0.1, 0.15) is 45.1 Å². The van der Waals surface area contributed by atoms with Crippen molar-refractivity contribution in [3.8, 4) is 5.75 Å². The molecule has 23 heavy (non-hydrogen) atoms. The second kappa shape index (κ2) is 9.08. The molecule has 1 aromatic rings. The lowest BCUT2D eigenvalue weighted by Gasteiger charge is -2.13. The number of hydrogen-bond acceptors (Lipinski definition) is 4. The summed E-state index contributed by atoms with van der Waals surface area (Å²) >= 11 is 6.72. The Balaban J connectivity index is 2.15. The van der Waals surface area contributed by atoms with Crippen molar-refractivity contribution in [1.82, 2.24) is 4.90 Å². The van der Waals surface area contributed by atoms with Gasteiger partial charge in [-0.2, -0.15) is 0 Å². The number of benzene rings is 1. The van der Waals surface area contributed by atoms with E-state index in [1.807, 2.05) is 30.3 Å². The van der Waals surface area contributed by atoms with Crippen molar-refractivity contribution < 1.29 is 9.53 Å². The van der Waals surface area contributed by atoms with Crippen LogP contribution in [0.4, 0.5) is 0 Å². The van der Waals surface area contributed by atoms with Gasteiger partial charge in [0, 0.05) is 12.1 Å². The van der Waals surface area contributed by atoms with Gasteiger partial charge in [0.15, 0.2) is 0 Å². The third-order valence-corrected chi connectivity index (χ3v) is 4.95. The minimum absolute atomic E-state index is 0.0109. The minimum atomic E-state index is 0.0109. The molecule has 0 atom stereocenters. The Morgan fingerprint density at radius 2 is 1.96 bits per heavy atom. The summed E-state index contributed by atoms with van der Waals surface area (Å²) in [5, 5.41) is 0. The zero-order valence-electron chi connectivity index (χ0n) is 13.7. The molecule has 0 unspecified atom stereocenters. The first-order chi connectivity index (χ1) is 11.2. The van der Waals surface area contributed by atoms with E-state index in [1.165, 1.54) is 11.8 Å². The Morgan fingerprint density at radius 1 is 1.22 bits per heavy atom. The van der Waals surface area contributed by atoms with Crippen LogP contribution in [0.2, 0.25) is 0 Å². The van der Waals surface area contributed by atoms with Crippen LogP contribution >= 0.6 is 24.0 Å². The van der Waals surface area contributed by atoms with Crippen molar-refractivity contribution in [2.45, 2.75) is 39.5 Å². The lowest BCUT2D eigenvalue weighted by atomic mass is 10.2. The third-order valence-electron chi connectivity index (χ3n) is 3.57. The van der Waals surface area contributed by atoms with Crippen LogP contribution < -0.4 is 4.74 Å². The number of amides is 1. The Labute approximate surface area is 148 Å². The molecule has 1 saturated heterocycles. The highest BCUT2D eigenvalue weighted by molar-refractivity contribution is 8.26. The molecule has 0 radical (unpaired) electrons. The molecule has 0 spiro atoms. The van der Waals surface area contributed by atoms with Crippen molar-refractivity contribution in [2.75, 3.05) is 13.2 Å². The fraction of sp³-hybridized carbons (Fsp3) is 0.444. The Hall–Kier alpha value is -1.33. The predicted octanol–water partition coefficient (Wildman–Crippen LogP) is 4.87. The second-order valence-corrected chi connectivity index (χ2v) is 7.10. The van der Waals surface area contributed by atoms with Gasteiger partial charge in [-0.05, 0) is 25.0 Å². The molecule has 124 valence electrons. The molecule has 1 aromatic carbocycles. The lowest BCUT2D eigenvalue weighted by Crippen LogP contribution is -2.28. The molecular formula is C18H23NO2S2. The Kier molecular flexibility index (Phi) is 7.12. The topological polar surface area (TPSA) is 29.5 Å². The quantitative estimate of drug-likeness (QED) is 0.380. The summed E-state index contributed by atoms with van der Waals surface area (Å²) in [6.07, 6.45) is 6.03. The van der Waals surface area contributed by atoms with Gasteiger partial charge in [0.05, 0.1) is 11.5 Å². The van der Waals surface area contributed by atoms with Crippen molar-refractivity contribution in [3.63, 3.8) is 0 Å². The average molecular weight is 350 g/mol. The molecule has 0 aliphatic carbocycles. The van der Waals surface area contributed by atoms with E-state index in [9.17, 15) is 4.79 Å². The monoisotopic (exact) mass is 349 g/mol. The molecular weight excluding hydrogens is 326 g/mol. The van der Waals surface area contributed by atoms with Gasteiger partial charge >= 0.3 is 0 Å². The number of nitrogens with zero attached hydrogens (tertiary/aromatic N) is 1. The highest BCUT2D eigenvalue weighted by Gasteiger charge is 2.31. The van der Waals surface area contributed by atoms with E-state index in [1.54, 1.807) is 4.90 Å². The Morgan fingerprint density at radius 3 is 2.70 bits per heavy atom. The fourth-order valence-electron chi connectivity index (χ4n) is 2.21. The number of ether oxygens (including phenoxy) is 1. The van der Waals surface area contributed by atoms with E-state index in [4.69, 9.17) is 17.0 Å². The number of para-hydroxylation sites is 1. The van der Waals surface area contributed by atoms with Crippen molar-refractivity contribution in [2.24, 2.45) is 0 Å². The predicted molar refractivity (Wildman–Crippen MR) is 102 cm³/mol. The summed E-state index contributed by atoms with van der Waals surface area (Å²) in [5.41, 5.74) is 0.930. The summed E-state index contributed by atoms with van der Waals surface area (Å²) in [6.45, 7) is 5.64. The van der Waals surface area contributed by atoms with Gasteiger partial charge in [0.1, 0.15) is 10.1 Å². The lowest BCUT2D eigenvalue weighted by molar-refractivity contribution is -0.122. The number of carbonyl (C=O) groups excluding carboxylic acids is 1. The van der Waals surface area contributed by atoms with E-state index in [2.05, 4.69) is 13.8 Å². The highest BCUT2D eigenvalue weighted by atomic mass is 32.2. The van der Waals surface area contributed by atoms with E-state index in [0.29, 0.717) is 22.4 Å². The number of carbonyl (C=O) groups is 1. The maximum absolute atomic E-state index is 12.5. The van der Waals surface area contributed by atoms with Crippen molar-refractivity contribution >= 4 is 40.3 Å². The van der Waals surface area contributed by atoms with Crippen molar-refractivity contribution in [1.29, 1.82) is 0 Å². The third kappa shape index (κ3) is 4.82. The van der Waals surface area contributed by atoms with Crippen LogP contribution in [0.15, 0.2) is 29.2 Å². The van der Waals surface area contributed by atoms with Crippen LogP contribution in [0.3, 0.4) is 0 Å². The molecule has 5 heteroatoms. The molecule has 0 saturated carbocycles. The van der Waals surface area contributed by atoms with Crippen LogP contribution in [0, 0.1) is 0 Å². The van der Waals surface area contributed by atoms with Gasteiger partial charge in [-0.1, -0.05) is 68.9 Å². The van der Waals surface area contributed by atoms with Crippen molar-refractivity contribution in [3.05, 3.63) is 34.7 Å². The first-order valence-electron chi connectivity index (χ1n) is 8.14. The summed E-state index contributed by atoms with van der Waals surface area (Å²) in [5.74, 6) is 0.830. The number of hydrogen-bond donors (Lipinski definition) is 0. The summed E-state index contributed by atoms with van der Waals surface area (Å²) in [6, 6.07) is 7.82. The molecule has 1 aliphatic rings. The minimum Gasteiger partial charge on any atom is -0.493 e. The zero-order valence-corrected chi connectivity index (χ0v) is 15.3. The molecule has 1 amide bonds. The second-order valence-electron chi connectivity index (χ2n) is 5.43. The van der Waals surface area contributed by atoms with E-state index < -0.39 is 0 Å². The molecule has 0 bridgehead atoms. The van der Waals surface area contributed by atoms with Gasteiger partial charge in [-0.25, -0.2) is 0 Å². The first kappa shape index (κ1) is 18.0.